The van der Waals surface area contributed by atoms with Crippen LogP contribution in [0.1, 0.15) is 40.0 Å². The van der Waals surface area contributed by atoms with Gasteiger partial charge in [0, 0.05) is 13.2 Å². The Balaban J connectivity index is 2.71. The summed E-state index contributed by atoms with van der Waals surface area (Å²) in [5, 5.41) is 13.8. The van der Waals surface area contributed by atoms with E-state index in [2.05, 4.69) is 5.32 Å². The number of aliphatic hydroxyl groups is 1. The minimum Gasteiger partial charge on any atom is -0.386 e. The summed E-state index contributed by atoms with van der Waals surface area (Å²) in [5.41, 5.74) is -1.33. The summed E-state index contributed by atoms with van der Waals surface area (Å²) < 4.78 is 5.37. The van der Waals surface area contributed by atoms with Gasteiger partial charge in [-0.3, -0.25) is 0 Å². The van der Waals surface area contributed by atoms with Crippen LogP contribution in [0.15, 0.2) is 0 Å². The highest BCUT2D eigenvalue weighted by Gasteiger charge is 2.46. The van der Waals surface area contributed by atoms with Crippen molar-refractivity contribution in [2.24, 2.45) is 0 Å². The molecule has 0 radical (unpaired) electrons. The highest BCUT2D eigenvalue weighted by molar-refractivity contribution is 5.01. The molecular weight excluding hydrogens is 178 g/mol. The van der Waals surface area contributed by atoms with Crippen molar-refractivity contribution in [1.29, 1.82) is 0 Å². The van der Waals surface area contributed by atoms with Gasteiger partial charge in [0.2, 0.25) is 0 Å². The van der Waals surface area contributed by atoms with E-state index in [9.17, 15) is 5.11 Å². The van der Waals surface area contributed by atoms with Crippen LogP contribution in [0.25, 0.3) is 0 Å². The van der Waals surface area contributed by atoms with E-state index in [0.29, 0.717) is 0 Å². The third-order valence-electron chi connectivity index (χ3n) is 3.72. The van der Waals surface area contributed by atoms with E-state index in [4.69, 9.17) is 4.74 Å². The SMILES string of the molecule is COC(C)(C)C(C)(O)C1CCCCN1. The Morgan fingerprint density at radius 1 is 1.29 bits per heavy atom. The quantitative estimate of drug-likeness (QED) is 0.723. The zero-order valence-electron chi connectivity index (χ0n) is 9.76. The van der Waals surface area contributed by atoms with Crippen molar-refractivity contribution in [3.8, 4) is 0 Å². The molecule has 2 N–H and O–H groups in total. The van der Waals surface area contributed by atoms with Crippen LogP contribution in [0.5, 0.6) is 0 Å². The first-order chi connectivity index (χ1) is 6.42. The number of nitrogens with one attached hydrogen (secondary N) is 1. The maximum absolute atomic E-state index is 10.5. The van der Waals surface area contributed by atoms with Gasteiger partial charge in [-0.2, -0.15) is 0 Å². The summed E-state index contributed by atoms with van der Waals surface area (Å²) in [6.07, 6.45) is 3.42. The topological polar surface area (TPSA) is 41.5 Å². The first-order valence-corrected chi connectivity index (χ1v) is 5.43. The van der Waals surface area contributed by atoms with Gasteiger partial charge < -0.3 is 15.2 Å². The highest BCUT2D eigenvalue weighted by Crippen LogP contribution is 2.31. The lowest BCUT2D eigenvalue weighted by Crippen LogP contribution is -2.62. The van der Waals surface area contributed by atoms with Gasteiger partial charge >= 0.3 is 0 Å². The van der Waals surface area contributed by atoms with Crippen molar-refractivity contribution in [2.75, 3.05) is 13.7 Å². The second kappa shape index (κ2) is 4.17. The van der Waals surface area contributed by atoms with Crippen molar-refractivity contribution in [1.82, 2.24) is 5.32 Å². The van der Waals surface area contributed by atoms with Crippen LogP contribution in [-0.4, -0.2) is 36.0 Å². The lowest BCUT2D eigenvalue weighted by molar-refractivity contribution is -0.159. The maximum Gasteiger partial charge on any atom is 0.105 e. The standard InChI is InChI=1S/C11H23NO2/c1-10(2,14-4)11(3,13)9-7-5-6-8-12-9/h9,12-13H,5-8H2,1-4H3. The Bertz CT molecular complexity index is 184. The van der Waals surface area contributed by atoms with E-state index in [0.717, 1.165) is 13.0 Å². The lowest BCUT2D eigenvalue weighted by atomic mass is 9.78. The van der Waals surface area contributed by atoms with Gasteiger partial charge in [-0.05, 0) is 40.2 Å². The summed E-state index contributed by atoms with van der Waals surface area (Å²) in [5.74, 6) is 0. The molecule has 84 valence electrons. The smallest absolute Gasteiger partial charge is 0.105 e. The Kier molecular flexibility index (Phi) is 3.56. The molecule has 0 aliphatic carbocycles. The fraction of sp³-hybridized carbons (Fsp3) is 1.00. The molecular formula is C11H23NO2. The molecule has 1 heterocycles. The van der Waals surface area contributed by atoms with E-state index >= 15 is 0 Å². The monoisotopic (exact) mass is 201 g/mol. The molecule has 1 rings (SSSR count). The van der Waals surface area contributed by atoms with Crippen molar-refractivity contribution in [2.45, 2.75) is 57.3 Å². The van der Waals surface area contributed by atoms with E-state index in [-0.39, 0.29) is 6.04 Å². The van der Waals surface area contributed by atoms with Crippen LogP contribution >= 0.6 is 0 Å². The molecule has 1 aliphatic rings. The summed E-state index contributed by atoms with van der Waals surface area (Å²) >= 11 is 0. The Hall–Kier alpha value is -0.120. The number of piperidine rings is 1. The van der Waals surface area contributed by atoms with Gasteiger partial charge in [0.05, 0.1) is 5.60 Å². The summed E-state index contributed by atoms with van der Waals surface area (Å²) in [6.45, 7) is 6.73. The van der Waals surface area contributed by atoms with Gasteiger partial charge in [0.1, 0.15) is 5.60 Å². The highest BCUT2D eigenvalue weighted by atomic mass is 16.5. The van der Waals surface area contributed by atoms with E-state index in [1.807, 2.05) is 20.8 Å². The number of rotatable bonds is 3. The van der Waals surface area contributed by atoms with Crippen molar-refractivity contribution < 1.29 is 9.84 Å². The molecule has 0 aromatic heterocycles. The van der Waals surface area contributed by atoms with Gasteiger partial charge in [-0.25, -0.2) is 0 Å². The fourth-order valence-corrected chi connectivity index (χ4v) is 1.96. The molecule has 2 atom stereocenters. The minimum atomic E-state index is -0.817. The Labute approximate surface area is 86.8 Å². The molecule has 14 heavy (non-hydrogen) atoms. The van der Waals surface area contributed by atoms with Crippen LogP contribution in [0.4, 0.5) is 0 Å². The molecule has 3 nitrogen and oxygen atoms in total. The lowest BCUT2D eigenvalue weighted by Gasteiger charge is -2.46. The molecule has 0 aromatic rings. The van der Waals surface area contributed by atoms with Crippen LogP contribution in [-0.2, 0) is 4.74 Å². The van der Waals surface area contributed by atoms with E-state index in [1.165, 1.54) is 12.8 Å². The van der Waals surface area contributed by atoms with Gasteiger partial charge in [-0.15, -0.1) is 0 Å². The zero-order chi connectivity index (χ0) is 10.8. The van der Waals surface area contributed by atoms with Crippen molar-refractivity contribution in [3.63, 3.8) is 0 Å². The first kappa shape index (κ1) is 12.0. The molecule has 1 fully saturated rings. The first-order valence-electron chi connectivity index (χ1n) is 5.43. The third-order valence-corrected chi connectivity index (χ3v) is 3.72. The van der Waals surface area contributed by atoms with Crippen LogP contribution in [0, 0.1) is 0 Å². The minimum absolute atomic E-state index is 0.145. The van der Waals surface area contributed by atoms with Crippen molar-refractivity contribution >= 4 is 0 Å². The molecule has 1 aliphatic heterocycles. The number of hydrogen-bond acceptors (Lipinski definition) is 3. The van der Waals surface area contributed by atoms with E-state index < -0.39 is 11.2 Å². The van der Waals surface area contributed by atoms with E-state index in [1.54, 1.807) is 7.11 Å². The molecule has 0 bridgehead atoms. The number of methoxy groups -OCH3 is 1. The maximum atomic E-state index is 10.5. The van der Waals surface area contributed by atoms with Crippen LogP contribution < -0.4 is 5.32 Å². The number of ether oxygens (including phenoxy) is 1. The Morgan fingerprint density at radius 3 is 2.36 bits per heavy atom. The second-order valence-electron chi connectivity index (χ2n) is 4.86. The van der Waals surface area contributed by atoms with Gasteiger partial charge in [0.15, 0.2) is 0 Å². The molecule has 0 spiro atoms. The average Bonchev–Trinajstić information content (AvgIpc) is 2.19. The summed E-state index contributed by atoms with van der Waals surface area (Å²) in [4.78, 5) is 0. The van der Waals surface area contributed by atoms with Gasteiger partial charge in [-0.1, -0.05) is 6.42 Å². The van der Waals surface area contributed by atoms with Crippen LogP contribution in [0.2, 0.25) is 0 Å². The zero-order valence-corrected chi connectivity index (χ0v) is 9.76. The van der Waals surface area contributed by atoms with Crippen molar-refractivity contribution in [3.05, 3.63) is 0 Å². The van der Waals surface area contributed by atoms with Crippen LogP contribution in [0.3, 0.4) is 0 Å². The summed E-state index contributed by atoms with van der Waals surface area (Å²) in [6, 6.07) is 0.145. The molecule has 2 unspecified atom stereocenters. The predicted molar refractivity (Wildman–Crippen MR) is 57.4 cm³/mol. The molecule has 0 saturated carbocycles. The molecule has 1 saturated heterocycles. The average molecular weight is 201 g/mol. The fourth-order valence-electron chi connectivity index (χ4n) is 1.96. The molecule has 0 aromatic carbocycles. The molecule has 0 amide bonds. The predicted octanol–water partition coefficient (Wildman–Crippen LogP) is 1.30. The largest absolute Gasteiger partial charge is 0.386 e. The summed E-state index contributed by atoms with van der Waals surface area (Å²) in [7, 11) is 1.65. The normalized spacial score (nSPS) is 28.5. The number of hydrogen-bond donors (Lipinski definition) is 2. The Morgan fingerprint density at radius 2 is 1.93 bits per heavy atom. The molecule has 3 heteroatoms. The third kappa shape index (κ3) is 2.10. The van der Waals surface area contributed by atoms with Gasteiger partial charge in [0.25, 0.3) is 0 Å². The second-order valence-corrected chi connectivity index (χ2v) is 4.86.